The van der Waals surface area contributed by atoms with Crippen LogP contribution in [0, 0.1) is 0 Å². The van der Waals surface area contributed by atoms with Crippen LogP contribution in [0.3, 0.4) is 0 Å². The molecule has 11 heteroatoms. The zero-order valence-electron chi connectivity index (χ0n) is 15.6. The molecule has 152 valence electrons. The standard InChI is InChI=1S/C17H22N4O6S/c1-3-4-15-20-16(27-21-15)11-26-17(23)9-10-18-28(24,25)14-7-5-13(6-8-14)19-12(2)22/h5-8,18H,3-4,9-11H2,1-2H3,(H,19,22). The Balaban J connectivity index is 1.77. The monoisotopic (exact) mass is 410 g/mol. The SMILES string of the molecule is CCCc1noc(COC(=O)CCNS(=O)(=O)c2ccc(NC(C)=O)cc2)n1. The molecule has 1 aromatic carbocycles. The summed E-state index contributed by atoms with van der Waals surface area (Å²) in [6.45, 7) is 3.05. The average molecular weight is 410 g/mol. The van der Waals surface area contributed by atoms with Gasteiger partial charge in [0, 0.05) is 25.6 Å². The van der Waals surface area contributed by atoms with Crippen LogP contribution in [0.4, 0.5) is 5.69 Å². The van der Waals surface area contributed by atoms with Crippen molar-refractivity contribution in [1.29, 1.82) is 0 Å². The minimum atomic E-state index is -3.78. The molecule has 0 bridgehead atoms. The van der Waals surface area contributed by atoms with Gasteiger partial charge in [-0.05, 0) is 30.7 Å². The lowest BCUT2D eigenvalue weighted by Gasteiger charge is -2.08. The number of sulfonamides is 1. The van der Waals surface area contributed by atoms with Gasteiger partial charge in [-0.15, -0.1) is 0 Å². The quantitative estimate of drug-likeness (QED) is 0.560. The number of hydrogen-bond donors (Lipinski definition) is 2. The fraction of sp³-hybridized carbons (Fsp3) is 0.412. The average Bonchev–Trinajstić information content (AvgIpc) is 3.08. The lowest BCUT2D eigenvalue weighted by molar-refractivity contribution is -0.145. The van der Waals surface area contributed by atoms with Crippen molar-refractivity contribution >= 4 is 27.6 Å². The summed E-state index contributed by atoms with van der Waals surface area (Å²) in [5.41, 5.74) is 0.484. The number of amides is 1. The molecule has 0 saturated carbocycles. The summed E-state index contributed by atoms with van der Waals surface area (Å²) in [5.74, 6) is -0.115. The van der Waals surface area contributed by atoms with Crippen LogP contribution in [-0.4, -0.2) is 37.0 Å². The van der Waals surface area contributed by atoms with Gasteiger partial charge in [0.15, 0.2) is 12.4 Å². The maximum Gasteiger partial charge on any atom is 0.307 e. The third-order valence-corrected chi connectivity index (χ3v) is 4.92. The number of aromatic nitrogens is 2. The Morgan fingerprint density at radius 2 is 1.93 bits per heavy atom. The van der Waals surface area contributed by atoms with Crippen molar-refractivity contribution in [3.05, 3.63) is 36.0 Å². The number of carbonyl (C=O) groups is 2. The summed E-state index contributed by atoms with van der Waals surface area (Å²) in [4.78, 5) is 26.8. The molecular formula is C17H22N4O6S. The van der Waals surface area contributed by atoms with Gasteiger partial charge in [0.25, 0.3) is 5.89 Å². The van der Waals surface area contributed by atoms with E-state index in [1.807, 2.05) is 6.92 Å². The van der Waals surface area contributed by atoms with Gasteiger partial charge >= 0.3 is 5.97 Å². The van der Waals surface area contributed by atoms with E-state index in [0.29, 0.717) is 17.9 Å². The minimum Gasteiger partial charge on any atom is -0.456 e. The van der Waals surface area contributed by atoms with Gasteiger partial charge in [0.1, 0.15) is 0 Å². The van der Waals surface area contributed by atoms with Gasteiger partial charge in [-0.25, -0.2) is 13.1 Å². The number of nitrogens with zero attached hydrogens (tertiary/aromatic N) is 2. The molecule has 0 fully saturated rings. The van der Waals surface area contributed by atoms with Gasteiger partial charge < -0.3 is 14.6 Å². The molecule has 2 N–H and O–H groups in total. The Kier molecular flexibility index (Phi) is 7.64. The molecule has 0 spiro atoms. The fourth-order valence-corrected chi connectivity index (χ4v) is 3.21. The van der Waals surface area contributed by atoms with E-state index in [9.17, 15) is 18.0 Å². The first kappa shape index (κ1) is 21.5. The highest BCUT2D eigenvalue weighted by Gasteiger charge is 2.15. The second-order valence-corrected chi connectivity index (χ2v) is 7.64. The van der Waals surface area contributed by atoms with Crippen LogP contribution >= 0.6 is 0 Å². The zero-order chi connectivity index (χ0) is 20.6. The highest BCUT2D eigenvalue weighted by atomic mass is 32.2. The van der Waals surface area contributed by atoms with Crippen molar-refractivity contribution < 1.29 is 27.3 Å². The molecule has 0 unspecified atom stereocenters. The Morgan fingerprint density at radius 3 is 2.57 bits per heavy atom. The van der Waals surface area contributed by atoms with Crippen molar-refractivity contribution in [2.75, 3.05) is 11.9 Å². The molecule has 0 radical (unpaired) electrons. The van der Waals surface area contributed by atoms with Crippen molar-refractivity contribution in [2.24, 2.45) is 0 Å². The van der Waals surface area contributed by atoms with Crippen LogP contribution in [0.15, 0.2) is 33.7 Å². The van der Waals surface area contributed by atoms with E-state index in [-0.39, 0.29) is 36.3 Å². The molecule has 0 aliphatic rings. The van der Waals surface area contributed by atoms with Crippen molar-refractivity contribution in [2.45, 2.75) is 44.6 Å². The van der Waals surface area contributed by atoms with Crippen LogP contribution in [0.25, 0.3) is 0 Å². The number of nitrogens with one attached hydrogen (secondary N) is 2. The molecule has 0 aliphatic carbocycles. The largest absolute Gasteiger partial charge is 0.456 e. The summed E-state index contributed by atoms with van der Waals surface area (Å²) in [6.07, 6.45) is 1.39. The number of carbonyl (C=O) groups excluding carboxylic acids is 2. The van der Waals surface area contributed by atoms with Gasteiger partial charge in [0.05, 0.1) is 11.3 Å². The Labute approximate surface area is 162 Å². The first-order valence-electron chi connectivity index (χ1n) is 8.64. The summed E-state index contributed by atoms with van der Waals surface area (Å²) in [5, 5.41) is 6.29. The molecule has 28 heavy (non-hydrogen) atoms. The fourth-order valence-electron chi connectivity index (χ4n) is 2.18. The molecule has 10 nitrogen and oxygen atoms in total. The topological polar surface area (TPSA) is 140 Å². The van der Waals surface area contributed by atoms with E-state index in [4.69, 9.17) is 9.26 Å². The predicted molar refractivity (Wildman–Crippen MR) is 98.6 cm³/mol. The molecular weight excluding hydrogens is 388 g/mol. The molecule has 0 atom stereocenters. The molecule has 2 aromatic rings. The zero-order valence-corrected chi connectivity index (χ0v) is 16.4. The van der Waals surface area contributed by atoms with Crippen LogP contribution < -0.4 is 10.0 Å². The van der Waals surface area contributed by atoms with Crippen molar-refractivity contribution in [3.63, 3.8) is 0 Å². The molecule has 1 heterocycles. The number of ether oxygens (including phenoxy) is 1. The Bertz CT molecular complexity index is 908. The maximum atomic E-state index is 12.2. The first-order chi connectivity index (χ1) is 13.3. The predicted octanol–water partition coefficient (Wildman–Crippen LogP) is 1.39. The van der Waals surface area contributed by atoms with E-state index < -0.39 is 16.0 Å². The third-order valence-electron chi connectivity index (χ3n) is 3.45. The highest BCUT2D eigenvalue weighted by molar-refractivity contribution is 7.89. The number of anilines is 1. The van der Waals surface area contributed by atoms with Gasteiger partial charge in [-0.1, -0.05) is 12.1 Å². The summed E-state index contributed by atoms with van der Waals surface area (Å²) >= 11 is 0. The van der Waals surface area contributed by atoms with Crippen LogP contribution in [0.2, 0.25) is 0 Å². The molecule has 0 saturated heterocycles. The van der Waals surface area contributed by atoms with Gasteiger partial charge in [-0.2, -0.15) is 4.98 Å². The third kappa shape index (κ3) is 6.74. The van der Waals surface area contributed by atoms with Gasteiger partial charge in [-0.3, -0.25) is 9.59 Å². The summed E-state index contributed by atoms with van der Waals surface area (Å²) < 4.78 is 36.7. The molecule has 1 aromatic heterocycles. The van der Waals surface area contributed by atoms with Crippen molar-refractivity contribution in [3.8, 4) is 0 Å². The minimum absolute atomic E-state index is 0.0179. The number of benzene rings is 1. The molecule has 2 rings (SSSR count). The summed E-state index contributed by atoms with van der Waals surface area (Å²) in [7, 11) is -3.78. The number of esters is 1. The normalized spacial score (nSPS) is 11.2. The lowest BCUT2D eigenvalue weighted by atomic mass is 10.3. The Morgan fingerprint density at radius 1 is 1.21 bits per heavy atom. The number of hydrogen-bond acceptors (Lipinski definition) is 8. The molecule has 1 amide bonds. The second kappa shape index (κ2) is 9.95. The smallest absolute Gasteiger partial charge is 0.307 e. The van der Waals surface area contributed by atoms with Crippen LogP contribution in [0.5, 0.6) is 0 Å². The van der Waals surface area contributed by atoms with Gasteiger partial charge in [0.2, 0.25) is 15.9 Å². The van der Waals surface area contributed by atoms with Crippen LogP contribution in [-0.2, 0) is 37.4 Å². The van der Waals surface area contributed by atoms with Crippen molar-refractivity contribution in [1.82, 2.24) is 14.9 Å². The van der Waals surface area contributed by atoms with Crippen LogP contribution in [0.1, 0.15) is 38.4 Å². The maximum absolute atomic E-state index is 12.2. The second-order valence-electron chi connectivity index (χ2n) is 5.87. The van der Waals surface area contributed by atoms with E-state index in [1.54, 1.807) is 0 Å². The number of rotatable bonds is 10. The lowest BCUT2D eigenvalue weighted by Crippen LogP contribution is -2.26. The van der Waals surface area contributed by atoms with E-state index in [0.717, 1.165) is 6.42 Å². The summed E-state index contributed by atoms with van der Waals surface area (Å²) in [6, 6.07) is 5.66. The number of aryl methyl sites for hydroxylation is 1. The van der Waals surface area contributed by atoms with E-state index >= 15 is 0 Å². The van der Waals surface area contributed by atoms with E-state index in [2.05, 4.69) is 20.2 Å². The Hall–Kier alpha value is -2.79. The highest BCUT2D eigenvalue weighted by Crippen LogP contribution is 2.14. The van der Waals surface area contributed by atoms with E-state index in [1.165, 1.54) is 31.2 Å². The first-order valence-corrected chi connectivity index (χ1v) is 10.1. The molecule has 0 aliphatic heterocycles.